The highest BCUT2D eigenvalue weighted by atomic mass is 79.9. The largest absolute Gasteiger partial charge is 0.494 e. The van der Waals surface area contributed by atoms with Crippen LogP contribution in [0.25, 0.3) is 0 Å². The van der Waals surface area contributed by atoms with E-state index in [0.29, 0.717) is 13.2 Å². The molecule has 2 atom stereocenters. The summed E-state index contributed by atoms with van der Waals surface area (Å²) in [6.07, 6.45) is -0.650. The molecule has 0 aromatic heterocycles. The Morgan fingerprint density at radius 3 is 2.38 bits per heavy atom. The summed E-state index contributed by atoms with van der Waals surface area (Å²) in [5.41, 5.74) is 7.74. The Kier molecular flexibility index (Phi) is 5.79. The molecule has 0 spiro atoms. The average molecular weight is 350 g/mol. The summed E-state index contributed by atoms with van der Waals surface area (Å²) in [4.78, 5) is 0. The second kappa shape index (κ2) is 7.59. The molecule has 0 saturated heterocycles. The number of aliphatic hydroxyl groups excluding tert-OH is 1. The van der Waals surface area contributed by atoms with E-state index in [-0.39, 0.29) is 5.92 Å². The third-order valence-electron chi connectivity index (χ3n) is 3.48. The minimum Gasteiger partial charge on any atom is -0.494 e. The molecule has 2 rings (SSSR count). The van der Waals surface area contributed by atoms with Crippen molar-refractivity contribution in [1.82, 2.24) is 0 Å². The molecule has 0 amide bonds. The van der Waals surface area contributed by atoms with Gasteiger partial charge in [-0.05, 0) is 36.2 Å². The molecular formula is C17H20BrNO2. The van der Waals surface area contributed by atoms with E-state index in [2.05, 4.69) is 15.9 Å². The number of rotatable bonds is 6. The van der Waals surface area contributed by atoms with Gasteiger partial charge in [0.25, 0.3) is 0 Å². The fourth-order valence-electron chi connectivity index (χ4n) is 2.36. The molecule has 2 aromatic carbocycles. The van der Waals surface area contributed by atoms with Crippen molar-refractivity contribution in [3.8, 4) is 5.75 Å². The van der Waals surface area contributed by atoms with Crippen LogP contribution < -0.4 is 10.5 Å². The summed E-state index contributed by atoms with van der Waals surface area (Å²) in [6.45, 7) is 2.96. The maximum atomic E-state index is 10.6. The quantitative estimate of drug-likeness (QED) is 0.837. The Bertz CT molecular complexity index is 571. The average Bonchev–Trinajstić information content (AvgIpc) is 2.50. The minimum absolute atomic E-state index is 0.153. The van der Waals surface area contributed by atoms with Gasteiger partial charge in [-0.1, -0.05) is 46.3 Å². The van der Waals surface area contributed by atoms with Gasteiger partial charge in [-0.2, -0.15) is 0 Å². The van der Waals surface area contributed by atoms with E-state index in [1.807, 2.05) is 55.5 Å². The van der Waals surface area contributed by atoms with Gasteiger partial charge >= 0.3 is 0 Å². The summed E-state index contributed by atoms with van der Waals surface area (Å²) >= 11 is 3.48. The zero-order valence-electron chi connectivity index (χ0n) is 12.0. The molecular weight excluding hydrogens is 330 g/mol. The third-order valence-corrected chi connectivity index (χ3v) is 4.20. The standard InChI is InChI=1S/C17H20BrNO2/c1-2-21-13-9-7-12(8-10-13)15(11-19)17(20)14-5-3-4-6-16(14)18/h3-10,15,17,20H,2,11,19H2,1H3. The first kappa shape index (κ1) is 16.0. The van der Waals surface area contributed by atoms with Crippen LogP contribution in [0.1, 0.15) is 30.1 Å². The maximum Gasteiger partial charge on any atom is 0.119 e. The summed E-state index contributed by atoms with van der Waals surface area (Å²) < 4.78 is 6.33. The first-order valence-corrected chi connectivity index (χ1v) is 7.82. The van der Waals surface area contributed by atoms with Gasteiger partial charge in [0.05, 0.1) is 12.7 Å². The second-order valence-electron chi connectivity index (χ2n) is 4.81. The SMILES string of the molecule is CCOc1ccc(C(CN)C(O)c2ccccc2Br)cc1. The van der Waals surface area contributed by atoms with Crippen LogP contribution in [0.4, 0.5) is 0 Å². The number of benzene rings is 2. The summed E-state index contributed by atoms with van der Waals surface area (Å²) in [5.74, 6) is 0.673. The molecule has 0 aliphatic carbocycles. The highest BCUT2D eigenvalue weighted by Gasteiger charge is 2.23. The first-order valence-electron chi connectivity index (χ1n) is 7.02. The molecule has 3 N–H and O–H groups in total. The maximum absolute atomic E-state index is 10.6. The highest BCUT2D eigenvalue weighted by Crippen LogP contribution is 2.34. The fraction of sp³-hybridized carbons (Fsp3) is 0.294. The fourth-order valence-corrected chi connectivity index (χ4v) is 2.88. The van der Waals surface area contributed by atoms with Crippen LogP contribution in [-0.4, -0.2) is 18.3 Å². The number of hydrogen-bond donors (Lipinski definition) is 2. The van der Waals surface area contributed by atoms with Crippen molar-refractivity contribution in [1.29, 1.82) is 0 Å². The molecule has 0 aliphatic rings. The predicted molar refractivity (Wildman–Crippen MR) is 88.5 cm³/mol. The van der Waals surface area contributed by atoms with Crippen LogP contribution in [0, 0.1) is 0 Å². The Balaban J connectivity index is 2.24. The summed E-state index contributed by atoms with van der Waals surface area (Å²) in [7, 11) is 0. The molecule has 3 nitrogen and oxygen atoms in total. The predicted octanol–water partition coefficient (Wildman–Crippen LogP) is 3.62. The normalized spacial score (nSPS) is 13.7. The van der Waals surface area contributed by atoms with E-state index in [0.717, 1.165) is 21.3 Å². The van der Waals surface area contributed by atoms with Crippen molar-refractivity contribution in [3.63, 3.8) is 0 Å². The molecule has 0 aliphatic heterocycles. The lowest BCUT2D eigenvalue weighted by Crippen LogP contribution is -2.20. The molecule has 0 radical (unpaired) electrons. The van der Waals surface area contributed by atoms with Gasteiger partial charge < -0.3 is 15.6 Å². The second-order valence-corrected chi connectivity index (χ2v) is 5.66. The van der Waals surface area contributed by atoms with Crippen LogP contribution in [0.2, 0.25) is 0 Å². The summed E-state index contributed by atoms with van der Waals surface area (Å²) in [6, 6.07) is 15.4. The number of ether oxygens (including phenoxy) is 1. The lowest BCUT2D eigenvalue weighted by Gasteiger charge is -2.23. The van der Waals surface area contributed by atoms with Gasteiger partial charge in [0.15, 0.2) is 0 Å². The molecule has 4 heteroatoms. The van der Waals surface area contributed by atoms with Crippen molar-refractivity contribution < 1.29 is 9.84 Å². The van der Waals surface area contributed by atoms with E-state index < -0.39 is 6.10 Å². The Morgan fingerprint density at radius 2 is 1.81 bits per heavy atom. The van der Waals surface area contributed by atoms with Crippen molar-refractivity contribution in [2.45, 2.75) is 18.9 Å². The number of hydrogen-bond acceptors (Lipinski definition) is 3. The van der Waals surface area contributed by atoms with Crippen LogP contribution >= 0.6 is 15.9 Å². The molecule has 0 bridgehead atoms. The Morgan fingerprint density at radius 1 is 1.14 bits per heavy atom. The number of aliphatic hydroxyl groups is 1. The monoisotopic (exact) mass is 349 g/mol. The van der Waals surface area contributed by atoms with E-state index >= 15 is 0 Å². The van der Waals surface area contributed by atoms with Crippen molar-refractivity contribution in [2.75, 3.05) is 13.2 Å². The Hall–Kier alpha value is -1.36. The van der Waals surface area contributed by atoms with Crippen LogP contribution in [0.15, 0.2) is 53.0 Å². The van der Waals surface area contributed by atoms with Crippen LogP contribution in [0.5, 0.6) is 5.75 Å². The number of nitrogens with two attached hydrogens (primary N) is 1. The van der Waals surface area contributed by atoms with Gasteiger partial charge in [0, 0.05) is 16.9 Å². The van der Waals surface area contributed by atoms with E-state index in [4.69, 9.17) is 10.5 Å². The van der Waals surface area contributed by atoms with Crippen molar-refractivity contribution in [3.05, 3.63) is 64.1 Å². The molecule has 0 fully saturated rings. The topological polar surface area (TPSA) is 55.5 Å². The van der Waals surface area contributed by atoms with Crippen LogP contribution in [-0.2, 0) is 0 Å². The van der Waals surface area contributed by atoms with Gasteiger partial charge in [-0.25, -0.2) is 0 Å². The van der Waals surface area contributed by atoms with Gasteiger partial charge in [-0.3, -0.25) is 0 Å². The zero-order chi connectivity index (χ0) is 15.2. The highest BCUT2D eigenvalue weighted by molar-refractivity contribution is 9.10. The Labute approximate surface area is 133 Å². The third kappa shape index (κ3) is 3.84. The van der Waals surface area contributed by atoms with Gasteiger partial charge in [0.2, 0.25) is 0 Å². The van der Waals surface area contributed by atoms with E-state index in [9.17, 15) is 5.11 Å². The lowest BCUT2D eigenvalue weighted by molar-refractivity contribution is 0.146. The lowest BCUT2D eigenvalue weighted by atomic mass is 9.89. The molecule has 2 aromatic rings. The van der Waals surface area contributed by atoms with E-state index in [1.54, 1.807) is 0 Å². The first-order chi connectivity index (χ1) is 10.2. The smallest absolute Gasteiger partial charge is 0.119 e. The molecule has 0 heterocycles. The van der Waals surface area contributed by atoms with Gasteiger partial charge in [0.1, 0.15) is 5.75 Å². The zero-order valence-corrected chi connectivity index (χ0v) is 13.6. The van der Waals surface area contributed by atoms with E-state index in [1.165, 1.54) is 0 Å². The molecule has 2 unspecified atom stereocenters. The molecule has 112 valence electrons. The summed E-state index contributed by atoms with van der Waals surface area (Å²) in [5, 5.41) is 10.6. The molecule has 21 heavy (non-hydrogen) atoms. The van der Waals surface area contributed by atoms with Crippen molar-refractivity contribution in [2.24, 2.45) is 5.73 Å². The number of halogens is 1. The minimum atomic E-state index is -0.650. The van der Waals surface area contributed by atoms with Gasteiger partial charge in [-0.15, -0.1) is 0 Å². The van der Waals surface area contributed by atoms with Crippen molar-refractivity contribution >= 4 is 15.9 Å². The molecule has 0 saturated carbocycles. The van der Waals surface area contributed by atoms with Crippen LogP contribution in [0.3, 0.4) is 0 Å².